The lowest BCUT2D eigenvalue weighted by molar-refractivity contribution is -0.120. The molecule has 3 rings (SSSR count). The molecule has 1 aliphatic heterocycles. The van der Waals surface area contributed by atoms with Gasteiger partial charge in [-0.1, -0.05) is 25.1 Å². The van der Waals surface area contributed by atoms with E-state index in [4.69, 9.17) is 0 Å². The lowest BCUT2D eigenvalue weighted by Crippen LogP contribution is -2.53. The molecule has 1 N–H and O–H groups in total. The van der Waals surface area contributed by atoms with Crippen LogP contribution in [0.1, 0.15) is 53.9 Å². The zero-order chi connectivity index (χ0) is 22.5. The van der Waals surface area contributed by atoms with Crippen molar-refractivity contribution in [3.8, 4) is 0 Å². The van der Waals surface area contributed by atoms with Crippen LogP contribution in [-0.2, 0) is 4.79 Å². The summed E-state index contributed by atoms with van der Waals surface area (Å²) in [6, 6.07) is 9.26. The average molecular weight is 425 g/mol. The van der Waals surface area contributed by atoms with Gasteiger partial charge in [0, 0.05) is 43.8 Å². The van der Waals surface area contributed by atoms with Crippen LogP contribution in [0.15, 0.2) is 47.5 Å². The molecule has 1 atom stereocenters. The predicted octanol–water partition coefficient (Wildman–Crippen LogP) is 2.06. The molecule has 31 heavy (non-hydrogen) atoms. The van der Waals surface area contributed by atoms with Gasteiger partial charge in [0.05, 0.1) is 0 Å². The van der Waals surface area contributed by atoms with Crippen LogP contribution in [0.3, 0.4) is 0 Å². The number of rotatable bonds is 6. The number of carbonyl (C=O) groups is 3. The number of nitrogens with one attached hydrogen (secondary N) is 1. The molecule has 1 aromatic carbocycles. The maximum atomic E-state index is 13.2. The van der Waals surface area contributed by atoms with Gasteiger partial charge >= 0.3 is 0 Å². The number of piperazine rings is 1. The summed E-state index contributed by atoms with van der Waals surface area (Å²) in [5.41, 5.74) is -0.00216. The van der Waals surface area contributed by atoms with E-state index < -0.39 is 17.2 Å². The fourth-order valence-electron chi connectivity index (χ4n) is 3.53. The summed E-state index contributed by atoms with van der Waals surface area (Å²) in [4.78, 5) is 54.3. The van der Waals surface area contributed by atoms with Gasteiger partial charge in [-0.25, -0.2) is 0 Å². The van der Waals surface area contributed by atoms with E-state index in [2.05, 4.69) is 5.32 Å². The number of pyridine rings is 1. The van der Waals surface area contributed by atoms with Crippen LogP contribution in [0.2, 0.25) is 0 Å². The van der Waals surface area contributed by atoms with E-state index >= 15 is 0 Å². The number of nitrogens with zero attached hydrogens (tertiary/aromatic N) is 3. The first kappa shape index (κ1) is 22.3. The minimum absolute atomic E-state index is 0.00288. The summed E-state index contributed by atoms with van der Waals surface area (Å²) >= 11 is 0. The van der Waals surface area contributed by atoms with Gasteiger partial charge in [-0.05, 0) is 32.4 Å². The summed E-state index contributed by atoms with van der Waals surface area (Å²) in [7, 11) is 0. The Morgan fingerprint density at radius 3 is 2.32 bits per heavy atom. The van der Waals surface area contributed by atoms with Crippen molar-refractivity contribution in [2.24, 2.45) is 0 Å². The zero-order valence-corrected chi connectivity index (χ0v) is 18.1. The minimum Gasteiger partial charge on any atom is -0.352 e. The molecule has 1 unspecified atom stereocenters. The van der Waals surface area contributed by atoms with E-state index in [-0.39, 0.29) is 29.6 Å². The topological polar surface area (TPSA) is 91.7 Å². The van der Waals surface area contributed by atoms with Gasteiger partial charge in [-0.3, -0.25) is 19.2 Å². The van der Waals surface area contributed by atoms with Gasteiger partial charge in [0.15, 0.2) is 0 Å². The van der Waals surface area contributed by atoms with Crippen LogP contribution >= 0.6 is 0 Å². The second-order valence-electron chi connectivity index (χ2n) is 7.59. The standard InChI is InChI=1S/C23H28N4O4/c1-4-16(3)26-13-18(22(30)24-5-2)21(29)19(14-26)23(31)25-11-12-27(20(28)15-25)17-9-7-6-8-10-17/h6-10,13-14,16H,4-5,11-12,15H2,1-3H3,(H,24,30). The van der Waals surface area contributed by atoms with E-state index in [9.17, 15) is 19.2 Å². The van der Waals surface area contributed by atoms with E-state index in [1.807, 2.05) is 44.2 Å². The highest BCUT2D eigenvalue weighted by Gasteiger charge is 2.31. The molecule has 1 saturated heterocycles. The van der Waals surface area contributed by atoms with E-state index in [1.165, 1.54) is 17.3 Å². The molecule has 3 amide bonds. The first-order valence-corrected chi connectivity index (χ1v) is 10.6. The molecule has 0 radical (unpaired) electrons. The van der Waals surface area contributed by atoms with Crippen molar-refractivity contribution >= 4 is 23.4 Å². The normalized spacial score (nSPS) is 15.0. The summed E-state index contributed by atoms with van der Waals surface area (Å²) in [6.45, 7) is 6.58. The molecule has 0 aliphatic carbocycles. The molecular weight excluding hydrogens is 396 g/mol. The fourth-order valence-corrected chi connectivity index (χ4v) is 3.53. The molecular formula is C23H28N4O4. The van der Waals surface area contributed by atoms with Crippen molar-refractivity contribution in [2.45, 2.75) is 33.2 Å². The summed E-state index contributed by atoms with van der Waals surface area (Å²) in [5, 5.41) is 2.63. The first-order valence-electron chi connectivity index (χ1n) is 10.6. The van der Waals surface area contributed by atoms with Crippen LogP contribution in [0.5, 0.6) is 0 Å². The Balaban J connectivity index is 1.90. The Hall–Kier alpha value is -3.42. The second-order valence-corrected chi connectivity index (χ2v) is 7.59. The number of hydrogen-bond donors (Lipinski definition) is 1. The number of aromatic nitrogens is 1. The maximum absolute atomic E-state index is 13.2. The van der Waals surface area contributed by atoms with E-state index in [0.29, 0.717) is 19.6 Å². The van der Waals surface area contributed by atoms with Gasteiger partial charge in [0.2, 0.25) is 11.3 Å². The van der Waals surface area contributed by atoms with Crippen LogP contribution in [0.25, 0.3) is 0 Å². The van der Waals surface area contributed by atoms with Gasteiger partial charge < -0.3 is 19.7 Å². The fraction of sp³-hybridized carbons (Fsp3) is 0.391. The van der Waals surface area contributed by atoms with Crippen molar-refractivity contribution < 1.29 is 14.4 Å². The number of amides is 3. The van der Waals surface area contributed by atoms with Crippen LogP contribution in [-0.4, -0.2) is 53.4 Å². The molecule has 2 heterocycles. The summed E-state index contributed by atoms with van der Waals surface area (Å²) in [6.07, 6.45) is 3.76. The highest BCUT2D eigenvalue weighted by atomic mass is 16.2. The van der Waals surface area contributed by atoms with Crippen LogP contribution in [0.4, 0.5) is 5.69 Å². The number of para-hydroxylation sites is 1. The Labute approximate surface area is 181 Å². The zero-order valence-electron chi connectivity index (χ0n) is 18.1. The van der Waals surface area contributed by atoms with E-state index in [1.54, 1.807) is 16.4 Å². The first-order chi connectivity index (χ1) is 14.9. The third-order valence-electron chi connectivity index (χ3n) is 5.53. The molecule has 0 spiro atoms. The lowest BCUT2D eigenvalue weighted by Gasteiger charge is -2.34. The monoisotopic (exact) mass is 424 g/mol. The van der Waals surface area contributed by atoms with Crippen molar-refractivity contribution in [3.05, 3.63) is 64.1 Å². The molecule has 164 valence electrons. The molecule has 0 saturated carbocycles. The number of carbonyl (C=O) groups excluding carboxylic acids is 3. The van der Waals surface area contributed by atoms with Gasteiger partial charge in [-0.2, -0.15) is 0 Å². The summed E-state index contributed by atoms with van der Waals surface area (Å²) < 4.78 is 1.72. The number of hydrogen-bond acceptors (Lipinski definition) is 4. The van der Waals surface area contributed by atoms with Crippen molar-refractivity contribution in [1.82, 2.24) is 14.8 Å². The molecule has 8 heteroatoms. The summed E-state index contributed by atoms with van der Waals surface area (Å²) in [5.74, 6) is -1.26. The molecule has 1 fully saturated rings. The predicted molar refractivity (Wildman–Crippen MR) is 118 cm³/mol. The van der Waals surface area contributed by atoms with Gasteiger partial charge in [0.1, 0.15) is 17.7 Å². The Morgan fingerprint density at radius 2 is 1.71 bits per heavy atom. The largest absolute Gasteiger partial charge is 0.352 e. The van der Waals surface area contributed by atoms with Crippen LogP contribution in [0, 0.1) is 0 Å². The van der Waals surface area contributed by atoms with Gasteiger partial charge in [-0.15, -0.1) is 0 Å². The second kappa shape index (κ2) is 9.59. The number of anilines is 1. The third-order valence-corrected chi connectivity index (χ3v) is 5.53. The molecule has 1 aromatic heterocycles. The van der Waals surface area contributed by atoms with Gasteiger partial charge in [0.25, 0.3) is 11.8 Å². The molecule has 1 aliphatic rings. The quantitative estimate of drug-likeness (QED) is 0.768. The highest BCUT2D eigenvalue weighted by Crippen LogP contribution is 2.18. The third kappa shape index (κ3) is 4.68. The van der Waals surface area contributed by atoms with Crippen molar-refractivity contribution in [1.29, 1.82) is 0 Å². The Morgan fingerprint density at radius 1 is 1.03 bits per heavy atom. The Bertz CT molecular complexity index is 1030. The van der Waals surface area contributed by atoms with E-state index in [0.717, 1.165) is 12.1 Å². The van der Waals surface area contributed by atoms with Crippen molar-refractivity contribution in [3.63, 3.8) is 0 Å². The number of benzene rings is 1. The maximum Gasteiger partial charge on any atom is 0.259 e. The SMILES string of the molecule is CCNC(=O)c1cn(C(C)CC)cc(C(=O)N2CCN(c3ccccc3)C(=O)C2)c1=O. The van der Waals surface area contributed by atoms with Crippen molar-refractivity contribution in [2.75, 3.05) is 31.1 Å². The van der Waals surface area contributed by atoms with Crippen LogP contribution < -0.4 is 15.6 Å². The molecule has 8 nitrogen and oxygen atoms in total. The minimum atomic E-state index is -0.617. The molecule has 0 bridgehead atoms. The lowest BCUT2D eigenvalue weighted by atomic mass is 10.1. The Kier molecular flexibility index (Phi) is 6.89. The molecule has 2 aromatic rings. The average Bonchev–Trinajstić information content (AvgIpc) is 2.78. The highest BCUT2D eigenvalue weighted by molar-refractivity contribution is 6.03. The smallest absolute Gasteiger partial charge is 0.259 e.